The summed E-state index contributed by atoms with van der Waals surface area (Å²) in [5, 5.41) is 12.9. The molecule has 0 atom stereocenters. The highest BCUT2D eigenvalue weighted by atomic mass is 16.3. The molecule has 0 radical (unpaired) electrons. The van der Waals surface area contributed by atoms with Gasteiger partial charge in [0.15, 0.2) is 0 Å². The lowest BCUT2D eigenvalue weighted by molar-refractivity contribution is 0.477. The van der Waals surface area contributed by atoms with Crippen LogP contribution in [0.2, 0.25) is 0 Å². The van der Waals surface area contributed by atoms with Crippen molar-refractivity contribution in [2.24, 2.45) is 0 Å². The number of rotatable bonds is 2. The predicted octanol–water partition coefficient (Wildman–Crippen LogP) is 6.16. The highest BCUT2D eigenvalue weighted by molar-refractivity contribution is 6.09. The third kappa shape index (κ3) is 2.20. The fourth-order valence-electron chi connectivity index (χ4n) is 3.71. The molecule has 0 unspecified atom stereocenters. The molecule has 124 valence electrons. The number of aromatic hydroxyl groups is 1. The topological polar surface area (TPSA) is 25.2 Å². The molecule has 0 aliphatic rings. The largest absolute Gasteiger partial charge is 0.507 e. The van der Waals surface area contributed by atoms with Crippen molar-refractivity contribution in [1.29, 1.82) is 0 Å². The Morgan fingerprint density at radius 3 is 1.81 bits per heavy atom. The Morgan fingerprint density at radius 2 is 1.15 bits per heavy atom. The van der Waals surface area contributed by atoms with Crippen LogP contribution < -0.4 is 0 Å². The summed E-state index contributed by atoms with van der Waals surface area (Å²) in [7, 11) is 0. The molecule has 0 aliphatic heterocycles. The van der Waals surface area contributed by atoms with E-state index in [1.165, 1.54) is 21.8 Å². The zero-order chi connectivity index (χ0) is 17.5. The molecule has 5 aromatic rings. The molecule has 0 fully saturated rings. The van der Waals surface area contributed by atoms with Crippen molar-refractivity contribution in [3.63, 3.8) is 0 Å². The van der Waals surface area contributed by atoms with Crippen molar-refractivity contribution >= 4 is 21.8 Å². The fraction of sp³-hybridized carbons (Fsp3) is 0. The molecule has 0 amide bonds. The minimum Gasteiger partial charge on any atom is -0.507 e. The van der Waals surface area contributed by atoms with E-state index < -0.39 is 0 Å². The zero-order valence-corrected chi connectivity index (χ0v) is 14.1. The first-order chi connectivity index (χ1) is 12.8. The summed E-state index contributed by atoms with van der Waals surface area (Å²) in [5.41, 5.74) is 5.22. The standard InChI is InChI=1S/C24H17NO/c26-24-15-14-18(16-21(24)17-8-2-1-3-9-17)25-22-12-6-4-10-19(22)20-11-5-7-13-23(20)25/h1-16,26H. The number of aromatic nitrogens is 1. The number of hydrogen-bond donors (Lipinski definition) is 1. The second-order valence-corrected chi connectivity index (χ2v) is 6.44. The van der Waals surface area contributed by atoms with Crippen molar-refractivity contribution < 1.29 is 5.11 Å². The molecule has 2 nitrogen and oxygen atoms in total. The van der Waals surface area contributed by atoms with E-state index in [1.807, 2.05) is 36.4 Å². The van der Waals surface area contributed by atoms with Gasteiger partial charge in [-0.05, 0) is 35.9 Å². The molecule has 0 spiro atoms. The van der Waals surface area contributed by atoms with Gasteiger partial charge in [-0.3, -0.25) is 0 Å². The van der Waals surface area contributed by atoms with E-state index in [0.717, 1.165) is 16.8 Å². The Labute approximate surface area is 151 Å². The maximum atomic E-state index is 10.4. The van der Waals surface area contributed by atoms with Crippen molar-refractivity contribution in [2.75, 3.05) is 0 Å². The number of para-hydroxylation sites is 2. The molecule has 5 rings (SSSR count). The van der Waals surface area contributed by atoms with Crippen LogP contribution in [-0.2, 0) is 0 Å². The van der Waals surface area contributed by atoms with Crippen molar-refractivity contribution in [3.05, 3.63) is 97.1 Å². The van der Waals surface area contributed by atoms with E-state index in [2.05, 4.69) is 59.2 Å². The Morgan fingerprint density at radius 1 is 0.577 bits per heavy atom. The van der Waals surface area contributed by atoms with Gasteiger partial charge < -0.3 is 9.67 Å². The predicted molar refractivity (Wildman–Crippen MR) is 108 cm³/mol. The van der Waals surface area contributed by atoms with Crippen LogP contribution in [0.3, 0.4) is 0 Å². The molecule has 0 aliphatic carbocycles. The van der Waals surface area contributed by atoms with Gasteiger partial charge in [-0.15, -0.1) is 0 Å². The van der Waals surface area contributed by atoms with Gasteiger partial charge in [0.2, 0.25) is 0 Å². The van der Waals surface area contributed by atoms with Crippen LogP contribution in [0.1, 0.15) is 0 Å². The van der Waals surface area contributed by atoms with Gasteiger partial charge in [0.1, 0.15) is 5.75 Å². The Balaban J connectivity index is 1.84. The maximum absolute atomic E-state index is 10.4. The lowest BCUT2D eigenvalue weighted by Crippen LogP contribution is -1.94. The van der Waals surface area contributed by atoms with Gasteiger partial charge >= 0.3 is 0 Å². The van der Waals surface area contributed by atoms with Crippen LogP contribution >= 0.6 is 0 Å². The summed E-state index contributed by atoms with van der Waals surface area (Å²) in [6, 6.07) is 32.7. The first-order valence-electron chi connectivity index (χ1n) is 8.70. The van der Waals surface area contributed by atoms with E-state index in [-0.39, 0.29) is 0 Å². The van der Waals surface area contributed by atoms with Gasteiger partial charge in [-0.2, -0.15) is 0 Å². The Bertz CT molecular complexity index is 1180. The molecule has 1 aromatic heterocycles. The first kappa shape index (κ1) is 14.8. The molecule has 0 bridgehead atoms. The van der Waals surface area contributed by atoms with Crippen LogP contribution in [-0.4, -0.2) is 9.67 Å². The molecular weight excluding hydrogens is 318 g/mol. The normalized spacial score (nSPS) is 11.2. The third-order valence-corrected chi connectivity index (χ3v) is 4.90. The molecule has 0 saturated carbocycles. The molecular formula is C24H17NO. The summed E-state index contributed by atoms with van der Waals surface area (Å²) in [6.07, 6.45) is 0. The summed E-state index contributed by atoms with van der Waals surface area (Å²) < 4.78 is 2.26. The average Bonchev–Trinajstić information content (AvgIpc) is 3.04. The van der Waals surface area contributed by atoms with E-state index in [9.17, 15) is 5.11 Å². The minimum absolute atomic E-state index is 0.292. The van der Waals surface area contributed by atoms with Gasteiger partial charge in [-0.25, -0.2) is 0 Å². The third-order valence-electron chi connectivity index (χ3n) is 4.90. The lowest BCUT2D eigenvalue weighted by Gasteiger charge is -2.11. The zero-order valence-electron chi connectivity index (χ0n) is 14.1. The Kier molecular flexibility index (Phi) is 3.29. The van der Waals surface area contributed by atoms with Crippen LogP contribution in [0.15, 0.2) is 97.1 Å². The van der Waals surface area contributed by atoms with E-state index >= 15 is 0 Å². The lowest BCUT2D eigenvalue weighted by atomic mass is 10.0. The Hall–Kier alpha value is -3.52. The molecule has 4 aromatic carbocycles. The molecule has 1 heterocycles. The molecule has 0 saturated heterocycles. The summed E-state index contributed by atoms with van der Waals surface area (Å²) in [5.74, 6) is 0.292. The second kappa shape index (κ2) is 5.78. The molecule has 26 heavy (non-hydrogen) atoms. The summed E-state index contributed by atoms with van der Waals surface area (Å²) >= 11 is 0. The summed E-state index contributed by atoms with van der Waals surface area (Å²) in [6.45, 7) is 0. The summed E-state index contributed by atoms with van der Waals surface area (Å²) in [4.78, 5) is 0. The quantitative estimate of drug-likeness (QED) is 0.411. The number of phenolic OH excluding ortho intramolecular Hbond substituents is 1. The fourth-order valence-corrected chi connectivity index (χ4v) is 3.71. The SMILES string of the molecule is Oc1ccc(-n2c3ccccc3c3ccccc32)cc1-c1ccccc1. The van der Waals surface area contributed by atoms with Crippen LogP contribution in [0.4, 0.5) is 0 Å². The number of phenols is 1. The second-order valence-electron chi connectivity index (χ2n) is 6.44. The molecule has 1 N–H and O–H groups in total. The van der Waals surface area contributed by atoms with Crippen LogP contribution in [0.25, 0.3) is 38.6 Å². The first-order valence-corrected chi connectivity index (χ1v) is 8.70. The van der Waals surface area contributed by atoms with Crippen molar-refractivity contribution in [3.8, 4) is 22.6 Å². The van der Waals surface area contributed by atoms with Gasteiger partial charge in [-0.1, -0.05) is 66.7 Å². The molecule has 2 heteroatoms. The monoisotopic (exact) mass is 335 g/mol. The van der Waals surface area contributed by atoms with E-state index in [1.54, 1.807) is 6.07 Å². The van der Waals surface area contributed by atoms with Crippen molar-refractivity contribution in [1.82, 2.24) is 4.57 Å². The van der Waals surface area contributed by atoms with E-state index in [0.29, 0.717) is 5.75 Å². The van der Waals surface area contributed by atoms with Crippen LogP contribution in [0, 0.1) is 0 Å². The van der Waals surface area contributed by atoms with Gasteiger partial charge in [0.05, 0.1) is 11.0 Å². The smallest absolute Gasteiger partial charge is 0.123 e. The van der Waals surface area contributed by atoms with E-state index in [4.69, 9.17) is 0 Å². The number of fused-ring (bicyclic) bond motifs is 3. The average molecular weight is 335 g/mol. The highest BCUT2D eigenvalue weighted by Crippen LogP contribution is 2.35. The van der Waals surface area contributed by atoms with Gasteiger partial charge in [0, 0.05) is 22.0 Å². The number of hydrogen-bond acceptors (Lipinski definition) is 1. The minimum atomic E-state index is 0.292. The maximum Gasteiger partial charge on any atom is 0.123 e. The number of benzene rings is 4. The van der Waals surface area contributed by atoms with Crippen molar-refractivity contribution in [2.45, 2.75) is 0 Å². The van der Waals surface area contributed by atoms with Gasteiger partial charge in [0.25, 0.3) is 0 Å². The van der Waals surface area contributed by atoms with Crippen LogP contribution in [0.5, 0.6) is 5.75 Å². The highest BCUT2D eigenvalue weighted by Gasteiger charge is 2.13. The number of nitrogens with zero attached hydrogens (tertiary/aromatic N) is 1.